The second kappa shape index (κ2) is 9.65. The lowest BCUT2D eigenvalue weighted by Gasteiger charge is -2.24. The number of hydrogen-bond acceptors (Lipinski definition) is 4. The number of pyridine rings is 2. The summed E-state index contributed by atoms with van der Waals surface area (Å²) in [7, 11) is 0. The molecule has 1 amide bonds. The Morgan fingerprint density at radius 2 is 1.51 bits per heavy atom. The van der Waals surface area contributed by atoms with Gasteiger partial charge in [-0.1, -0.05) is 54.6 Å². The number of carbonyl (C=O) groups excluding carboxylic acids is 1. The van der Waals surface area contributed by atoms with Crippen LogP contribution >= 0.6 is 0 Å². The maximum Gasteiger partial charge on any atom is 0.224 e. The van der Waals surface area contributed by atoms with Gasteiger partial charge in [0.05, 0.1) is 17.4 Å². The smallest absolute Gasteiger partial charge is 0.224 e. The Morgan fingerprint density at radius 3 is 2.17 bits per heavy atom. The molecule has 0 unspecified atom stereocenters. The number of hydrogen-bond donors (Lipinski definition) is 1. The second-order valence-electron chi connectivity index (χ2n) is 8.19. The van der Waals surface area contributed by atoms with Crippen LogP contribution in [-0.4, -0.2) is 15.5 Å². The van der Waals surface area contributed by atoms with Crippen LogP contribution in [-0.2, 0) is 11.3 Å². The van der Waals surface area contributed by atoms with E-state index in [1.54, 1.807) is 23.4 Å². The van der Waals surface area contributed by atoms with Crippen LogP contribution in [0.4, 0.5) is 17.2 Å². The van der Waals surface area contributed by atoms with E-state index in [-0.39, 0.29) is 17.9 Å². The fourth-order valence-electron chi connectivity index (χ4n) is 4.21. The first-order valence-corrected chi connectivity index (χ1v) is 11.3. The molecule has 0 radical (unpaired) electrons. The molecule has 0 aliphatic heterocycles. The summed E-state index contributed by atoms with van der Waals surface area (Å²) in [6.07, 6.45) is 3.32. The molecule has 1 N–H and O–H groups in total. The van der Waals surface area contributed by atoms with Gasteiger partial charge in [0.1, 0.15) is 5.82 Å². The van der Waals surface area contributed by atoms with Gasteiger partial charge in [-0.05, 0) is 36.4 Å². The van der Waals surface area contributed by atoms with E-state index in [0.29, 0.717) is 16.7 Å². The Hall–Kier alpha value is -4.71. The Balaban J connectivity index is 1.75. The van der Waals surface area contributed by atoms with Gasteiger partial charge in [0.2, 0.25) is 5.91 Å². The minimum atomic E-state index is -0.144. The lowest BCUT2D eigenvalue weighted by molar-refractivity contribution is -0.116. The first-order chi connectivity index (χ1) is 17.1. The normalized spacial score (nSPS) is 10.8. The zero-order valence-electron chi connectivity index (χ0n) is 19.3. The van der Waals surface area contributed by atoms with Crippen LogP contribution in [0, 0.1) is 0 Å². The number of aromatic nitrogens is 2. The van der Waals surface area contributed by atoms with E-state index in [2.05, 4.69) is 10.3 Å². The monoisotopic (exact) mass is 460 g/mol. The van der Waals surface area contributed by atoms with Crippen molar-refractivity contribution in [3.8, 4) is 5.69 Å². The summed E-state index contributed by atoms with van der Waals surface area (Å²) in [6.45, 7) is 1.81. The molecular formula is C29H24N4O2. The summed E-state index contributed by atoms with van der Waals surface area (Å²) in [5, 5.41) is 3.89. The number of nitrogens with zero attached hydrogens (tertiary/aromatic N) is 3. The molecular weight excluding hydrogens is 436 g/mol. The number of nitrogens with one attached hydrogen (secondary N) is 1. The fourth-order valence-corrected chi connectivity index (χ4v) is 4.21. The van der Waals surface area contributed by atoms with E-state index < -0.39 is 0 Å². The average Bonchev–Trinajstić information content (AvgIpc) is 2.89. The van der Waals surface area contributed by atoms with Crippen molar-refractivity contribution in [2.75, 3.05) is 10.2 Å². The average molecular weight is 461 g/mol. The van der Waals surface area contributed by atoms with Gasteiger partial charge in [-0.3, -0.25) is 19.1 Å². The zero-order chi connectivity index (χ0) is 24.2. The van der Waals surface area contributed by atoms with Crippen molar-refractivity contribution in [1.29, 1.82) is 0 Å². The summed E-state index contributed by atoms with van der Waals surface area (Å²) in [5.74, 6) is 0.529. The maximum absolute atomic E-state index is 13.2. The lowest BCUT2D eigenvalue weighted by Crippen LogP contribution is -2.28. The number of rotatable bonds is 6. The van der Waals surface area contributed by atoms with Crippen LogP contribution in [0.15, 0.2) is 114 Å². The number of anilines is 3. The minimum Gasteiger partial charge on any atom is -0.341 e. The van der Waals surface area contributed by atoms with Crippen molar-refractivity contribution in [2.24, 2.45) is 0 Å². The molecule has 2 heterocycles. The summed E-state index contributed by atoms with van der Waals surface area (Å²) in [5.41, 5.74) is 3.86. The Labute approximate surface area is 203 Å². The lowest BCUT2D eigenvalue weighted by atomic mass is 10.1. The number of para-hydroxylation sites is 3. The molecule has 0 aliphatic rings. The van der Waals surface area contributed by atoms with Gasteiger partial charge in [-0.15, -0.1) is 0 Å². The molecule has 3 aromatic carbocycles. The van der Waals surface area contributed by atoms with Crippen LogP contribution in [0.1, 0.15) is 12.5 Å². The highest BCUT2D eigenvalue weighted by Crippen LogP contribution is 2.28. The van der Waals surface area contributed by atoms with Crippen molar-refractivity contribution in [2.45, 2.75) is 13.5 Å². The molecule has 6 nitrogen and oxygen atoms in total. The molecule has 0 saturated carbocycles. The third-order valence-corrected chi connectivity index (χ3v) is 5.83. The predicted octanol–water partition coefficient (Wildman–Crippen LogP) is 5.68. The van der Waals surface area contributed by atoms with Crippen molar-refractivity contribution in [1.82, 2.24) is 9.55 Å². The van der Waals surface area contributed by atoms with E-state index in [9.17, 15) is 9.59 Å². The predicted molar refractivity (Wildman–Crippen MR) is 140 cm³/mol. The van der Waals surface area contributed by atoms with Crippen molar-refractivity contribution in [3.63, 3.8) is 0 Å². The standard InChI is InChI=1S/C29H24N4O2/c1-21(34)32(24-13-7-3-8-14-24)20-22-18-30-19-26-27(35)17-28(31-23-11-5-2-6-12-23)33(29(22)26)25-15-9-4-10-16-25/h2-19,31H,20H2,1H3. The molecule has 6 heteroatoms. The summed E-state index contributed by atoms with van der Waals surface area (Å²) in [4.78, 5) is 31.9. The molecule has 0 saturated heterocycles. The largest absolute Gasteiger partial charge is 0.341 e. The van der Waals surface area contributed by atoms with Crippen LogP contribution in [0.3, 0.4) is 0 Å². The number of carbonyl (C=O) groups is 1. The van der Waals surface area contributed by atoms with Crippen LogP contribution in [0.5, 0.6) is 0 Å². The van der Waals surface area contributed by atoms with E-state index in [1.165, 1.54) is 6.92 Å². The van der Waals surface area contributed by atoms with Gasteiger partial charge < -0.3 is 10.2 Å². The van der Waals surface area contributed by atoms with Gasteiger partial charge in [0.25, 0.3) is 0 Å². The van der Waals surface area contributed by atoms with Crippen molar-refractivity contribution < 1.29 is 4.79 Å². The molecule has 0 aliphatic carbocycles. The molecule has 0 fully saturated rings. The number of benzene rings is 3. The summed E-state index contributed by atoms with van der Waals surface area (Å²) in [6, 6.07) is 30.7. The quantitative estimate of drug-likeness (QED) is 0.354. The van der Waals surface area contributed by atoms with E-state index in [0.717, 1.165) is 22.6 Å². The maximum atomic E-state index is 13.2. The molecule has 0 bridgehead atoms. The number of fused-ring (bicyclic) bond motifs is 1. The van der Waals surface area contributed by atoms with Gasteiger partial charge >= 0.3 is 0 Å². The third kappa shape index (κ3) is 4.54. The second-order valence-corrected chi connectivity index (χ2v) is 8.19. The molecule has 0 spiro atoms. The molecule has 35 heavy (non-hydrogen) atoms. The van der Waals surface area contributed by atoms with E-state index in [1.807, 2.05) is 95.6 Å². The van der Waals surface area contributed by atoms with Crippen LogP contribution in [0.25, 0.3) is 16.6 Å². The highest BCUT2D eigenvalue weighted by molar-refractivity contribution is 5.93. The van der Waals surface area contributed by atoms with Gasteiger partial charge in [-0.25, -0.2) is 0 Å². The third-order valence-electron chi connectivity index (χ3n) is 5.83. The first kappa shape index (κ1) is 22.1. The molecule has 172 valence electrons. The van der Waals surface area contributed by atoms with Gasteiger partial charge in [0.15, 0.2) is 5.43 Å². The fraction of sp³-hybridized carbons (Fsp3) is 0.0690. The van der Waals surface area contributed by atoms with Crippen molar-refractivity contribution >= 4 is 34.0 Å². The molecule has 0 atom stereocenters. The minimum absolute atomic E-state index is 0.0969. The molecule has 5 rings (SSSR count). The Kier molecular flexibility index (Phi) is 6.09. The summed E-state index contributed by atoms with van der Waals surface area (Å²) < 4.78 is 2.02. The van der Waals surface area contributed by atoms with E-state index in [4.69, 9.17) is 0 Å². The van der Waals surface area contributed by atoms with Crippen LogP contribution in [0.2, 0.25) is 0 Å². The Morgan fingerprint density at radius 1 is 0.886 bits per heavy atom. The molecule has 5 aromatic rings. The van der Waals surface area contributed by atoms with Gasteiger partial charge in [-0.2, -0.15) is 0 Å². The first-order valence-electron chi connectivity index (χ1n) is 11.3. The topological polar surface area (TPSA) is 67.2 Å². The van der Waals surface area contributed by atoms with Gasteiger partial charge in [0, 0.05) is 48.0 Å². The highest BCUT2D eigenvalue weighted by atomic mass is 16.2. The SMILES string of the molecule is CC(=O)N(Cc1cncc2c(=O)cc(Nc3ccccc3)n(-c3ccccc3)c12)c1ccccc1. The zero-order valence-corrected chi connectivity index (χ0v) is 19.3. The Bertz CT molecular complexity index is 1530. The number of amides is 1. The van der Waals surface area contributed by atoms with Crippen LogP contribution < -0.4 is 15.6 Å². The molecule has 2 aromatic heterocycles. The van der Waals surface area contributed by atoms with E-state index >= 15 is 0 Å². The summed E-state index contributed by atoms with van der Waals surface area (Å²) >= 11 is 0. The van der Waals surface area contributed by atoms with Crippen molar-refractivity contribution in [3.05, 3.63) is 125 Å². The highest BCUT2D eigenvalue weighted by Gasteiger charge is 2.19.